The van der Waals surface area contributed by atoms with Crippen LogP contribution < -0.4 is 5.32 Å². The van der Waals surface area contributed by atoms with Gasteiger partial charge in [-0.2, -0.15) is 0 Å². The van der Waals surface area contributed by atoms with Gasteiger partial charge in [0.25, 0.3) is 5.91 Å². The van der Waals surface area contributed by atoms with Crippen LogP contribution in [0.4, 0.5) is 5.69 Å². The molecule has 144 valence electrons. The van der Waals surface area contributed by atoms with E-state index in [0.717, 1.165) is 5.56 Å². The van der Waals surface area contributed by atoms with Crippen LogP contribution in [0.5, 0.6) is 0 Å². The number of rotatable bonds is 9. The molecule has 0 fully saturated rings. The number of carboxylic acid groups (broad SMARTS) is 1. The maximum atomic E-state index is 12.8. The molecular formula is C20H30N2O4. The summed E-state index contributed by atoms with van der Waals surface area (Å²) in [5.41, 5.74) is 1.99. The zero-order chi connectivity index (χ0) is 19.9. The lowest BCUT2D eigenvalue weighted by Gasteiger charge is -2.24. The zero-order valence-corrected chi connectivity index (χ0v) is 16.3. The predicted molar refractivity (Wildman–Crippen MR) is 102 cm³/mol. The van der Waals surface area contributed by atoms with Gasteiger partial charge in [0.2, 0.25) is 5.91 Å². The summed E-state index contributed by atoms with van der Waals surface area (Å²) in [6.45, 7) is 10.4. The van der Waals surface area contributed by atoms with Gasteiger partial charge in [0.05, 0.1) is 6.42 Å². The molecule has 0 saturated heterocycles. The van der Waals surface area contributed by atoms with Crippen LogP contribution in [0, 0.1) is 18.8 Å². The Bertz CT molecular complexity index is 653. The summed E-state index contributed by atoms with van der Waals surface area (Å²) in [5, 5.41) is 11.8. The lowest BCUT2D eigenvalue weighted by atomic mass is 10.1. The van der Waals surface area contributed by atoms with E-state index >= 15 is 0 Å². The smallest absolute Gasteiger partial charge is 0.305 e. The van der Waals surface area contributed by atoms with Gasteiger partial charge in [0, 0.05) is 30.8 Å². The Labute approximate surface area is 155 Å². The summed E-state index contributed by atoms with van der Waals surface area (Å²) >= 11 is 0. The SMILES string of the molecule is Cc1cc(C(=O)N(CCC(=O)O)CC(C)C)ccc1NC(=O)CC(C)C. The van der Waals surface area contributed by atoms with Crippen LogP contribution >= 0.6 is 0 Å². The lowest BCUT2D eigenvalue weighted by Crippen LogP contribution is -2.36. The molecule has 0 aliphatic rings. The van der Waals surface area contributed by atoms with E-state index in [4.69, 9.17) is 5.11 Å². The number of carbonyl (C=O) groups is 3. The number of hydrogen-bond acceptors (Lipinski definition) is 3. The number of nitrogens with one attached hydrogen (secondary N) is 1. The van der Waals surface area contributed by atoms with Gasteiger partial charge in [-0.15, -0.1) is 0 Å². The van der Waals surface area contributed by atoms with Crippen molar-refractivity contribution in [1.82, 2.24) is 4.90 Å². The van der Waals surface area contributed by atoms with Gasteiger partial charge >= 0.3 is 5.97 Å². The molecule has 1 rings (SSSR count). The number of aryl methyl sites for hydroxylation is 1. The van der Waals surface area contributed by atoms with Crippen molar-refractivity contribution >= 4 is 23.5 Å². The summed E-state index contributed by atoms with van der Waals surface area (Å²) < 4.78 is 0. The molecule has 0 aliphatic heterocycles. The van der Waals surface area contributed by atoms with Crippen molar-refractivity contribution < 1.29 is 19.5 Å². The molecule has 2 amide bonds. The second-order valence-corrected chi connectivity index (χ2v) is 7.46. The van der Waals surface area contributed by atoms with E-state index in [-0.39, 0.29) is 36.6 Å². The number of hydrogen-bond donors (Lipinski definition) is 2. The Balaban J connectivity index is 2.91. The van der Waals surface area contributed by atoms with Crippen molar-refractivity contribution in [2.24, 2.45) is 11.8 Å². The molecule has 6 heteroatoms. The largest absolute Gasteiger partial charge is 0.481 e. The molecule has 0 heterocycles. The van der Waals surface area contributed by atoms with E-state index < -0.39 is 5.97 Å². The second-order valence-electron chi connectivity index (χ2n) is 7.46. The van der Waals surface area contributed by atoms with Gasteiger partial charge in [-0.3, -0.25) is 14.4 Å². The highest BCUT2D eigenvalue weighted by Crippen LogP contribution is 2.19. The van der Waals surface area contributed by atoms with Gasteiger partial charge in [-0.05, 0) is 42.5 Å². The Morgan fingerprint density at radius 2 is 1.77 bits per heavy atom. The van der Waals surface area contributed by atoms with Crippen LogP contribution in [-0.2, 0) is 9.59 Å². The molecule has 1 aromatic carbocycles. The highest BCUT2D eigenvalue weighted by Gasteiger charge is 2.19. The number of aliphatic carboxylic acids is 1. The summed E-state index contributed by atoms with van der Waals surface area (Å²) in [7, 11) is 0. The van der Waals surface area contributed by atoms with Crippen molar-refractivity contribution in [3.8, 4) is 0 Å². The molecule has 0 saturated carbocycles. The summed E-state index contributed by atoms with van der Waals surface area (Å²) in [4.78, 5) is 37.1. The van der Waals surface area contributed by atoms with Crippen LogP contribution in [0.15, 0.2) is 18.2 Å². The molecule has 6 nitrogen and oxygen atoms in total. The average Bonchev–Trinajstić information content (AvgIpc) is 2.51. The second kappa shape index (κ2) is 9.94. The third kappa shape index (κ3) is 7.25. The van der Waals surface area contributed by atoms with Crippen LogP contribution in [0.25, 0.3) is 0 Å². The Kier molecular flexibility index (Phi) is 8.29. The van der Waals surface area contributed by atoms with Crippen LogP contribution in [-0.4, -0.2) is 40.9 Å². The summed E-state index contributed by atoms with van der Waals surface area (Å²) in [5.74, 6) is -0.655. The van der Waals surface area contributed by atoms with Crippen LogP contribution in [0.2, 0.25) is 0 Å². The number of amides is 2. The normalized spacial score (nSPS) is 10.9. The molecule has 2 N–H and O–H groups in total. The number of nitrogens with zero attached hydrogens (tertiary/aromatic N) is 1. The van der Waals surface area contributed by atoms with E-state index in [1.165, 1.54) is 0 Å². The van der Waals surface area contributed by atoms with Crippen molar-refractivity contribution in [1.29, 1.82) is 0 Å². The molecule has 0 unspecified atom stereocenters. The van der Waals surface area contributed by atoms with Gasteiger partial charge in [0.15, 0.2) is 0 Å². The quantitative estimate of drug-likeness (QED) is 0.703. The standard InChI is InChI=1S/C20H30N2O4/c1-13(2)10-18(23)21-17-7-6-16(11-15(17)5)20(26)22(12-14(3)4)9-8-19(24)25/h6-7,11,13-14H,8-10,12H2,1-5H3,(H,21,23)(H,24,25). The van der Waals surface area contributed by atoms with Crippen LogP contribution in [0.3, 0.4) is 0 Å². The van der Waals surface area contributed by atoms with Gasteiger partial charge in [-0.25, -0.2) is 0 Å². The van der Waals surface area contributed by atoms with Gasteiger partial charge in [-0.1, -0.05) is 27.7 Å². The topological polar surface area (TPSA) is 86.7 Å². The first-order chi connectivity index (χ1) is 12.1. The fourth-order valence-corrected chi connectivity index (χ4v) is 2.64. The fraction of sp³-hybridized carbons (Fsp3) is 0.550. The Morgan fingerprint density at radius 1 is 1.12 bits per heavy atom. The highest BCUT2D eigenvalue weighted by molar-refractivity contribution is 5.96. The molecule has 0 bridgehead atoms. The zero-order valence-electron chi connectivity index (χ0n) is 16.3. The van der Waals surface area contributed by atoms with E-state index in [1.54, 1.807) is 23.1 Å². The predicted octanol–water partition coefficient (Wildman–Crippen LogP) is 3.55. The number of carboxylic acids is 1. The monoisotopic (exact) mass is 362 g/mol. The lowest BCUT2D eigenvalue weighted by molar-refractivity contribution is -0.137. The maximum absolute atomic E-state index is 12.8. The minimum absolute atomic E-state index is 0.0509. The van der Waals surface area contributed by atoms with Crippen molar-refractivity contribution in [2.75, 3.05) is 18.4 Å². The van der Waals surface area contributed by atoms with Crippen molar-refractivity contribution in [2.45, 2.75) is 47.5 Å². The molecular weight excluding hydrogens is 332 g/mol. The molecule has 0 atom stereocenters. The Morgan fingerprint density at radius 3 is 2.27 bits per heavy atom. The van der Waals surface area contributed by atoms with Crippen LogP contribution in [0.1, 0.15) is 56.5 Å². The highest BCUT2D eigenvalue weighted by atomic mass is 16.4. The van der Waals surface area contributed by atoms with Crippen molar-refractivity contribution in [3.05, 3.63) is 29.3 Å². The van der Waals surface area contributed by atoms with E-state index in [2.05, 4.69) is 5.32 Å². The molecule has 0 radical (unpaired) electrons. The molecule has 0 spiro atoms. The number of anilines is 1. The number of benzene rings is 1. The third-order valence-corrected chi connectivity index (χ3v) is 3.81. The first-order valence-corrected chi connectivity index (χ1v) is 9.01. The summed E-state index contributed by atoms with van der Waals surface area (Å²) in [6.07, 6.45) is 0.359. The first-order valence-electron chi connectivity index (χ1n) is 9.01. The van der Waals surface area contributed by atoms with E-state index in [0.29, 0.717) is 24.2 Å². The number of carbonyl (C=O) groups excluding carboxylic acids is 2. The first kappa shape index (κ1) is 21.7. The van der Waals surface area contributed by atoms with Gasteiger partial charge in [0.1, 0.15) is 0 Å². The van der Waals surface area contributed by atoms with E-state index in [1.807, 2.05) is 34.6 Å². The molecule has 26 heavy (non-hydrogen) atoms. The maximum Gasteiger partial charge on any atom is 0.305 e. The minimum Gasteiger partial charge on any atom is -0.481 e. The average molecular weight is 362 g/mol. The molecule has 0 aliphatic carbocycles. The molecule has 1 aromatic rings. The van der Waals surface area contributed by atoms with E-state index in [9.17, 15) is 14.4 Å². The summed E-state index contributed by atoms with van der Waals surface area (Å²) in [6, 6.07) is 5.14. The fourth-order valence-electron chi connectivity index (χ4n) is 2.64. The third-order valence-electron chi connectivity index (χ3n) is 3.81. The molecule has 0 aromatic heterocycles. The van der Waals surface area contributed by atoms with Gasteiger partial charge < -0.3 is 15.3 Å². The minimum atomic E-state index is -0.925. The Hall–Kier alpha value is -2.37. The van der Waals surface area contributed by atoms with Crippen molar-refractivity contribution in [3.63, 3.8) is 0 Å².